The van der Waals surface area contributed by atoms with Gasteiger partial charge in [-0.25, -0.2) is 4.98 Å². The highest BCUT2D eigenvalue weighted by Crippen LogP contribution is 2.17. The van der Waals surface area contributed by atoms with Crippen LogP contribution in [0.4, 0.5) is 0 Å². The maximum absolute atomic E-state index is 11.0. The van der Waals surface area contributed by atoms with E-state index in [0.717, 1.165) is 0 Å². The van der Waals surface area contributed by atoms with Gasteiger partial charge >= 0.3 is 5.97 Å². The summed E-state index contributed by atoms with van der Waals surface area (Å²) in [6.07, 6.45) is 0.103. The normalized spacial score (nSPS) is 10.5. The van der Waals surface area contributed by atoms with Crippen molar-refractivity contribution in [2.45, 2.75) is 6.42 Å². The van der Waals surface area contributed by atoms with E-state index in [0.29, 0.717) is 16.9 Å². The van der Waals surface area contributed by atoms with Crippen molar-refractivity contribution in [3.63, 3.8) is 0 Å². The quantitative estimate of drug-likeness (QED) is 0.718. The van der Waals surface area contributed by atoms with Crippen molar-refractivity contribution < 1.29 is 14.6 Å². The predicted molar refractivity (Wildman–Crippen MR) is 53.5 cm³/mol. The van der Waals surface area contributed by atoms with Crippen LogP contribution in [0.15, 0.2) is 18.2 Å². The number of hydrogen-bond donors (Lipinski definition) is 2. The van der Waals surface area contributed by atoms with Gasteiger partial charge in [0.15, 0.2) is 0 Å². The molecule has 78 valence electrons. The number of imidazole rings is 1. The first-order valence-corrected chi connectivity index (χ1v) is 4.43. The van der Waals surface area contributed by atoms with Crippen LogP contribution in [-0.4, -0.2) is 28.2 Å². The molecular weight excluding hydrogens is 196 g/mol. The smallest absolute Gasteiger partial charge is 0.313 e. The highest BCUT2D eigenvalue weighted by molar-refractivity contribution is 5.78. The van der Waals surface area contributed by atoms with Crippen molar-refractivity contribution in [2.24, 2.45) is 0 Å². The number of H-pyrrole nitrogens is 1. The molecule has 0 unspecified atom stereocenters. The lowest BCUT2D eigenvalue weighted by Gasteiger charge is -1.93. The number of ether oxygens (including phenoxy) is 1. The van der Waals surface area contributed by atoms with Gasteiger partial charge in [0, 0.05) is 6.07 Å². The molecule has 0 aliphatic heterocycles. The van der Waals surface area contributed by atoms with Crippen molar-refractivity contribution >= 4 is 17.0 Å². The first-order chi connectivity index (χ1) is 7.19. The van der Waals surface area contributed by atoms with Gasteiger partial charge in [-0.3, -0.25) is 4.79 Å². The Kier molecular flexibility index (Phi) is 2.29. The minimum Gasteiger partial charge on any atom is -0.508 e. The zero-order valence-electron chi connectivity index (χ0n) is 8.15. The van der Waals surface area contributed by atoms with Crippen LogP contribution in [0.25, 0.3) is 11.0 Å². The molecule has 2 N–H and O–H groups in total. The molecule has 2 aromatic rings. The number of nitrogens with zero attached hydrogens (tertiary/aromatic N) is 1. The van der Waals surface area contributed by atoms with Crippen molar-refractivity contribution in [3.8, 4) is 5.75 Å². The van der Waals surface area contributed by atoms with Crippen molar-refractivity contribution in [2.75, 3.05) is 7.11 Å². The topological polar surface area (TPSA) is 75.2 Å². The highest BCUT2D eigenvalue weighted by Gasteiger charge is 2.08. The Morgan fingerprint density at radius 2 is 2.40 bits per heavy atom. The number of nitrogens with one attached hydrogen (secondary N) is 1. The Morgan fingerprint density at radius 3 is 3.13 bits per heavy atom. The number of fused-ring (bicyclic) bond motifs is 1. The zero-order chi connectivity index (χ0) is 10.8. The van der Waals surface area contributed by atoms with E-state index in [1.807, 2.05) is 0 Å². The lowest BCUT2D eigenvalue weighted by atomic mass is 10.3. The molecule has 0 bridgehead atoms. The van der Waals surface area contributed by atoms with Gasteiger partial charge in [-0.2, -0.15) is 0 Å². The van der Waals surface area contributed by atoms with E-state index in [-0.39, 0.29) is 18.1 Å². The van der Waals surface area contributed by atoms with Gasteiger partial charge in [0.1, 0.15) is 18.0 Å². The Balaban J connectivity index is 2.34. The van der Waals surface area contributed by atoms with Gasteiger partial charge in [-0.05, 0) is 12.1 Å². The van der Waals surface area contributed by atoms with Crippen LogP contribution in [0.3, 0.4) is 0 Å². The van der Waals surface area contributed by atoms with Crippen LogP contribution < -0.4 is 0 Å². The minimum atomic E-state index is -0.349. The molecule has 0 saturated carbocycles. The lowest BCUT2D eigenvalue weighted by Crippen LogP contribution is -2.05. The Morgan fingerprint density at radius 1 is 1.60 bits per heavy atom. The number of rotatable bonds is 2. The summed E-state index contributed by atoms with van der Waals surface area (Å²) >= 11 is 0. The molecule has 0 radical (unpaired) electrons. The number of methoxy groups -OCH3 is 1. The third kappa shape index (κ3) is 1.90. The Labute approximate surface area is 85.7 Å². The van der Waals surface area contributed by atoms with Crippen molar-refractivity contribution in [1.82, 2.24) is 9.97 Å². The molecule has 0 atom stereocenters. The minimum absolute atomic E-state index is 0.103. The number of benzene rings is 1. The van der Waals surface area contributed by atoms with E-state index in [1.54, 1.807) is 18.2 Å². The summed E-state index contributed by atoms with van der Waals surface area (Å²) in [6, 6.07) is 4.79. The number of carbonyl (C=O) groups is 1. The van der Waals surface area contributed by atoms with E-state index >= 15 is 0 Å². The molecule has 0 spiro atoms. The summed E-state index contributed by atoms with van der Waals surface area (Å²) in [5.41, 5.74) is 1.42. The first-order valence-electron chi connectivity index (χ1n) is 4.43. The molecule has 0 fully saturated rings. The van der Waals surface area contributed by atoms with E-state index in [2.05, 4.69) is 14.7 Å². The number of phenols is 1. The standard InChI is InChI=1S/C10H10N2O3/c1-15-10(14)5-9-11-7-3-2-6(13)4-8(7)12-9/h2-4,13H,5H2,1H3,(H,11,12). The lowest BCUT2D eigenvalue weighted by molar-refractivity contribution is -0.139. The molecule has 0 aliphatic rings. The molecule has 0 aliphatic carbocycles. The van der Waals surface area contributed by atoms with Gasteiger partial charge in [0.2, 0.25) is 0 Å². The number of carbonyl (C=O) groups excluding carboxylic acids is 1. The molecule has 1 heterocycles. The highest BCUT2D eigenvalue weighted by atomic mass is 16.5. The molecular formula is C10H10N2O3. The molecule has 15 heavy (non-hydrogen) atoms. The zero-order valence-corrected chi connectivity index (χ0v) is 8.15. The van der Waals surface area contributed by atoms with E-state index in [9.17, 15) is 9.90 Å². The largest absolute Gasteiger partial charge is 0.508 e. The SMILES string of the molecule is COC(=O)Cc1nc2ccc(O)cc2[nH]1. The summed E-state index contributed by atoms with van der Waals surface area (Å²) in [7, 11) is 1.33. The van der Waals surface area contributed by atoms with Crippen LogP contribution in [0, 0.1) is 0 Å². The van der Waals surface area contributed by atoms with Gasteiger partial charge in [0.05, 0.1) is 18.1 Å². The summed E-state index contributed by atoms with van der Waals surface area (Å²) in [5, 5.41) is 9.23. The van der Waals surface area contributed by atoms with Crippen LogP contribution in [0.1, 0.15) is 5.82 Å². The molecule has 5 heteroatoms. The fourth-order valence-electron chi connectivity index (χ4n) is 1.34. The summed E-state index contributed by atoms with van der Waals surface area (Å²) in [5.74, 6) is 0.344. The number of hydrogen-bond acceptors (Lipinski definition) is 4. The Bertz CT molecular complexity index is 504. The number of aromatic amines is 1. The first kappa shape index (κ1) is 9.51. The van der Waals surface area contributed by atoms with Gasteiger partial charge < -0.3 is 14.8 Å². The molecule has 1 aromatic heterocycles. The molecule has 0 amide bonds. The van der Waals surface area contributed by atoms with E-state index < -0.39 is 0 Å². The van der Waals surface area contributed by atoms with Crippen molar-refractivity contribution in [3.05, 3.63) is 24.0 Å². The average molecular weight is 206 g/mol. The van der Waals surface area contributed by atoms with E-state index in [4.69, 9.17) is 0 Å². The van der Waals surface area contributed by atoms with Gasteiger partial charge in [0.25, 0.3) is 0 Å². The van der Waals surface area contributed by atoms with Crippen LogP contribution in [0.2, 0.25) is 0 Å². The van der Waals surface area contributed by atoms with Crippen LogP contribution in [-0.2, 0) is 16.0 Å². The average Bonchev–Trinajstić information content (AvgIpc) is 2.59. The number of esters is 1. The summed E-state index contributed by atoms with van der Waals surface area (Å²) in [4.78, 5) is 18.1. The predicted octanol–water partition coefficient (Wildman–Crippen LogP) is 0.984. The molecule has 5 nitrogen and oxygen atoms in total. The molecule has 1 aromatic carbocycles. The van der Waals surface area contributed by atoms with Gasteiger partial charge in [-0.15, -0.1) is 0 Å². The maximum Gasteiger partial charge on any atom is 0.313 e. The summed E-state index contributed by atoms with van der Waals surface area (Å²) < 4.78 is 4.53. The fourth-order valence-corrected chi connectivity index (χ4v) is 1.34. The summed E-state index contributed by atoms with van der Waals surface area (Å²) in [6.45, 7) is 0. The second-order valence-electron chi connectivity index (χ2n) is 3.14. The number of aromatic hydroxyl groups is 1. The third-order valence-electron chi connectivity index (χ3n) is 2.05. The number of phenolic OH excluding ortho intramolecular Hbond substituents is 1. The molecule has 2 rings (SSSR count). The van der Waals surface area contributed by atoms with Crippen LogP contribution >= 0.6 is 0 Å². The van der Waals surface area contributed by atoms with Gasteiger partial charge in [-0.1, -0.05) is 0 Å². The van der Waals surface area contributed by atoms with Crippen molar-refractivity contribution in [1.29, 1.82) is 0 Å². The second kappa shape index (κ2) is 3.61. The maximum atomic E-state index is 11.0. The second-order valence-corrected chi connectivity index (χ2v) is 3.14. The van der Waals surface area contributed by atoms with Crippen LogP contribution in [0.5, 0.6) is 5.75 Å². The number of aromatic nitrogens is 2. The monoisotopic (exact) mass is 206 g/mol. The Hall–Kier alpha value is -2.04. The fraction of sp³-hybridized carbons (Fsp3) is 0.200. The molecule has 0 saturated heterocycles. The van der Waals surface area contributed by atoms with E-state index in [1.165, 1.54) is 7.11 Å². The third-order valence-corrected chi connectivity index (χ3v) is 2.05.